The number of aryl methyl sites for hydroxylation is 1. The third-order valence-corrected chi connectivity index (χ3v) is 6.78. The minimum absolute atomic E-state index is 0.0219. The molecule has 0 radical (unpaired) electrons. The van der Waals surface area contributed by atoms with Crippen molar-refractivity contribution < 1.29 is 17.7 Å². The Kier molecular flexibility index (Phi) is 6.54. The van der Waals surface area contributed by atoms with Crippen molar-refractivity contribution >= 4 is 21.6 Å². The average Bonchev–Trinajstić information content (AvgIpc) is 3.27. The molecular formula is C22H26N6O4S. The Labute approximate surface area is 192 Å². The summed E-state index contributed by atoms with van der Waals surface area (Å²) in [5.41, 5.74) is 2.65. The maximum atomic E-state index is 12.6. The quantitative estimate of drug-likeness (QED) is 0.558. The molecule has 2 aromatic heterocycles. The Morgan fingerprint density at radius 1 is 1.24 bits per heavy atom. The second kappa shape index (κ2) is 9.38. The normalized spacial score (nSPS) is 15.5. The van der Waals surface area contributed by atoms with Crippen LogP contribution in [0.2, 0.25) is 0 Å². The van der Waals surface area contributed by atoms with E-state index < -0.39 is 10.0 Å². The van der Waals surface area contributed by atoms with E-state index in [4.69, 9.17) is 9.66 Å². The summed E-state index contributed by atoms with van der Waals surface area (Å²) in [6.45, 7) is 5.21. The lowest BCUT2D eigenvalue weighted by molar-refractivity contribution is -0.117. The van der Waals surface area contributed by atoms with E-state index in [-0.39, 0.29) is 23.3 Å². The molecule has 174 valence electrons. The standard InChI is InChI=1S/C22H26N6O4S/c1-14-11-17(33(23,30)31)12-19(15(14)2)25-20(29)13-28-9-6-16(7-10-28)22-26-21(27-32-22)18-5-3-4-8-24-18/h3-5,8,11-12,16H,6-7,9-10,13H2,1-2H3,(H,25,29)(H2,23,30,31). The fourth-order valence-electron chi connectivity index (χ4n) is 3.85. The number of hydrogen-bond acceptors (Lipinski definition) is 8. The fraction of sp³-hybridized carbons (Fsp3) is 0.364. The van der Waals surface area contributed by atoms with E-state index in [0.29, 0.717) is 36.2 Å². The number of primary sulfonamides is 1. The first-order chi connectivity index (χ1) is 15.7. The highest BCUT2D eigenvalue weighted by atomic mass is 32.2. The first kappa shape index (κ1) is 23.0. The highest BCUT2D eigenvalue weighted by Gasteiger charge is 2.27. The molecule has 3 aromatic rings. The molecule has 1 aliphatic rings. The highest BCUT2D eigenvalue weighted by Crippen LogP contribution is 2.28. The second-order valence-corrected chi connectivity index (χ2v) is 9.79. The number of benzene rings is 1. The van der Waals surface area contributed by atoms with Gasteiger partial charge < -0.3 is 9.84 Å². The molecule has 0 aliphatic carbocycles. The van der Waals surface area contributed by atoms with Gasteiger partial charge in [0.15, 0.2) is 0 Å². The van der Waals surface area contributed by atoms with Crippen LogP contribution in [0.1, 0.15) is 35.8 Å². The van der Waals surface area contributed by atoms with Crippen LogP contribution in [0.4, 0.5) is 5.69 Å². The van der Waals surface area contributed by atoms with Crippen molar-refractivity contribution in [2.24, 2.45) is 5.14 Å². The van der Waals surface area contributed by atoms with Gasteiger partial charge in [0.05, 0.1) is 11.4 Å². The molecule has 4 rings (SSSR count). The number of nitrogens with one attached hydrogen (secondary N) is 1. The number of pyridine rings is 1. The third-order valence-electron chi connectivity index (χ3n) is 5.88. The minimum atomic E-state index is -3.86. The van der Waals surface area contributed by atoms with E-state index in [1.807, 2.05) is 30.0 Å². The Balaban J connectivity index is 1.34. The number of carbonyl (C=O) groups excluding carboxylic acids is 1. The average molecular weight is 471 g/mol. The fourth-order valence-corrected chi connectivity index (χ4v) is 4.47. The molecule has 1 aliphatic heterocycles. The molecule has 3 N–H and O–H groups in total. The zero-order valence-corrected chi connectivity index (χ0v) is 19.3. The molecule has 0 unspecified atom stereocenters. The number of rotatable bonds is 6. The highest BCUT2D eigenvalue weighted by molar-refractivity contribution is 7.89. The van der Waals surface area contributed by atoms with Gasteiger partial charge in [0.25, 0.3) is 0 Å². The number of likely N-dealkylation sites (tertiary alicyclic amines) is 1. The lowest BCUT2D eigenvalue weighted by Gasteiger charge is -2.29. The Morgan fingerprint density at radius 3 is 2.67 bits per heavy atom. The van der Waals surface area contributed by atoms with Crippen LogP contribution in [-0.2, 0) is 14.8 Å². The molecule has 1 aromatic carbocycles. The summed E-state index contributed by atoms with van der Waals surface area (Å²) in [4.78, 5) is 23.4. The number of nitrogens with two attached hydrogens (primary N) is 1. The first-order valence-electron chi connectivity index (χ1n) is 10.6. The monoisotopic (exact) mass is 470 g/mol. The molecule has 0 atom stereocenters. The van der Waals surface area contributed by atoms with E-state index in [0.717, 1.165) is 24.0 Å². The van der Waals surface area contributed by atoms with Crippen molar-refractivity contribution in [2.45, 2.75) is 37.5 Å². The molecular weight excluding hydrogens is 444 g/mol. The zero-order valence-electron chi connectivity index (χ0n) is 18.5. The van der Waals surface area contributed by atoms with Crippen LogP contribution in [0.5, 0.6) is 0 Å². The van der Waals surface area contributed by atoms with Gasteiger partial charge in [-0.3, -0.25) is 14.7 Å². The number of nitrogens with zero attached hydrogens (tertiary/aromatic N) is 4. The van der Waals surface area contributed by atoms with Crippen LogP contribution in [0.25, 0.3) is 11.5 Å². The molecule has 1 saturated heterocycles. The maximum Gasteiger partial charge on any atom is 0.238 e. The van der Waals surface area contributed by atoms with Gasteiger partial charge in [-0.25, -0.2) is 13.6 Å². The van der Waals surface area contributed by atoms with E-state index in [2.05, 4.69) is 20.4 Å². The predicted molar refractivity (Wildman–Crippen MR) is 122 cm³/mol. The second-order valence-electron chi connectivity index (χ2n) is 8.23. The number of amides is 1. The summed E-state index contributed by atoms with van der Waals surface area (Å²) in [6, 6.07) is 8.43. The lowest BCUT2D eigenvalue weighted by atomic mass is 9.97. The Morgan fingerprint density at radius 2 is 2.00 bits per heavy atom. The summed E-state index contributed by atoms with van der Waals surface area (Å²) >= 11 is 0. The van der Waals surface area contributed by atoms with Crippen LogP contribution in [-0.4, -0.2) is 54.0 Å². The van der Waals surface area contributed by atoms with Gasteiger partial charge in [-0.15, -0.1) is 0 Å². The summed E-state index contributed by atoms with van der Waals surface area (Å²) in [5, 5.41) is 12.1. The van der Waals surface area contributed by atoms with Crippen LogP contribution >= 0.6 is 0 Å². The minimum Gasteiger partial charge on any atom is -0.339 e. The number of hydrogen-bond donors (Lipinski definition) is 2. The van der Waals surface area contributed by atoms with E-state index >= 15 is 0 Å². The molecule has 3 heterocycles. The smallest absolute Gasteiger partial charge is 0.238 e. The maximum absolute atomic E-state index is 12.6. The summed E-state index contributed by atoms with van der Waals surface area (Å²) < 4.78 is 28.9. The van der Waals surface area contributed by atoms with Crippen LogP contribution in [0.3, 0.4) is 0 Å². The largest absolute Gasteiger partial charge is 0.339 e. The van der Waals surface area contributed by atoms with Gasteiger partial charge in [-0.1, -0.05) is 11.2 Å². The summed E-state index contributed by atoms with van der Waals surface area (Å²) in [5.74, 6) is 0.980. The molecule has 33 heavy (non-hydrogen) atoms. The Bertz CT molecular complexity index is 1250. The van der Waals surface area contributed by atoms with Gasteiger partial charge in [0.2, 0.25) is 27.6 Å². The third kappa shape index (κ3) is 5.44. The van der Waals surface area contributed by atoms with Crippen molar-refractivity contribution in [3.63, 3.8) is 0 Å². The van der Waals surface area contributed by atoms with Gasteiger partial charge in [-0.05, 0) is 75.2 Å². The molecule has 1 amide bonds. The van der Waals surface area contributed by atoms with Crippen LogP contribution < -0.4 is 10.5 Å². The molecule has 0 spiro atoms. The van der Waals surface area contributed by atoms with Crippen molar-refractivity contribution in [1.82, 2.24) is 20.0 Å². The molecule has 1 fully saturated rings. The zero-order chi connectivity index (χ0) is 23.6. The van der Waals surface area contributed by atoms with Gasteiger partial charge in [0, 0.05) is 17.8 Å². The van der Waals surface area contributed by atoms with Crippen molar-refractivity contribution in [2.75, 3.05) is 25.0 Å². The van der Waals surface area contributed by atoms with E-state index in [1.165, 1.54) is 12.1 Å². The Hall–Kier alpha value is -3.15. The molecule has 0 saturated carbocycles. The summed E-state index contributed by atoms with van der Waals surface area (Å²) in [7, 11) is -3.86. The number of sulfonamides is 1. The molecule has 11 heteroatoms. The number of aromatic nitrogens is 3. The number of anilines is 1. The van der Waals surface area contributed by atoms with E-state index in [1.54, 1.807) is 13.1 Å². The summed E-state index contributed by atoms with van der Waals surface area (Å²) in [6.07, 6.45) is 3.26. The topological polar surface area (TPSA) is 144 Å². The molecule has 0 bridgehead atoms. The molecule has 10 nitrogen and oxygen atoms in total. The number of carbonyl (C=O) groups is 1. The lowest BCUT2D eigenvalue weighted by Crippen LogP contribution is -2.38. The number of piperidine rings is 1. The van der Waals surface area contributed by atoms with Crippen molar-refractivity contribution in [3.05, 3.63) is 53.5 Å². The van der Waals surface area contributed by atoms with E-state index in [9.17, 15) is 13.2 Å². The van der Waals surface area contributed by atoms with Gasteiger partial charge in [-0.2, -0.15) is 4.98 Å². The first-order valence-corrected chi connectivity index (χ1v) is 12.2. The van der Waals surface area contributed by atoms with Gasteiger partial charge in [0.1, 0.15) is 5.69 Å². The van der Waals surface area contributed by atoms with Gasteiger partial charge >= 0.3 is 0 Å². The SMILES string of the molecule is Cc1cc(S(N)(=O)=O)cc(NC(=O)CN2CCC(c3nc(-c4ccccn4)no3)CC2)c1C. The van der Waals surface area contributed by atoms with Crippen molar-refractivity contribution in [3.8, 4) is 11.5 Å². The predicted octanol–water partition coefficient (Wildman–Crippen LogP) is 2.21. The van der Waals surface area contributed by atoms with Crippen molar-refractivity contribution in [1.29, 1.82) is 0 Å². The van der Waals surface area contributed by atoms with Crippen LogP contribution in [0, 0.1) is 13.8 Å². The van der Waals surface area contributed by atoms with Crippen LogP contribution in [0.15, 0.2) is 45.9 Å².